The van der Waals surface area contributed by atoms with Crippen molar-refractivity contribution in [2.75, 3.05) is 0 Å². The Bertz CT molecular complexity index is 3230. The van der Waals surface area contributed by atoms with Gasteiger partial charge in [-0.3, -0.25) is 9.55 Å². The number of hydrogen-bond acceptors (Lipinski definition) is 4. The molecule has 288 valence electrons. The topological polar surface area (TPSA) is 64.1 Å². The standard InChI is InChI=1S/C54H45N3O2/c1-53(2,3)38-29-42(51(58)44(30-38)54(4,5)6)52-56-50-41(22-15-23-46(50)57(52)39-19-11-8-12-20-39)36-26-35(33-16-9-7-10-17-33)27-37(28-36)45-31-48-43(32-55-45)49-40-21-14-13-18-34(40)24-25-47(49)59-48/h7-32,58H,1-6H3. The molecular weight excluding hydrogens is 723 g/mol. The minimum absolute atomic E-state index is 0.154. The molecule has 0 aliphatic rings. The van der Waals surface area contributed by atoms with Gasteiger partial charge in [-0.2, -0.15) is 0 Å². The largest absolute Gasteiger partial charge is 0.507 e. The van der Waals surface area contributed by atoms with Gasteiger partial charge in [0.05, 0.1) is 22.3 Å². The van der Waals surface area contributed by atoms with Gasteiger partial charge >= 0.3 is 0 Å². The molecule has 7 aromatic carbocycles. The van der Waals surface area contributed by atoms with E-state index in [1.807, 2.05) is 30.5 Å². The van der Waals surface area contributed by atoms with E-state index in [4.69, 9.17) is 14.4 Å². The van der Waals surface area contributed by atoms with Gasteiger partial charge in [0, 0.05) is 45.4 Å². The molecule has 3 aromatic heterocycles. The number of furan rings is 1. The van der Waals surface area contributed by atoms with E-state index < -0.39 is 0 Å². The van der Waals surface area contributed by atoms with Gasteiger partial charge in [0.2, 0.25) is 0 Å². The quantitative estimate of drug-likeness (QED) is 0.189. The average molecular weight is 768 g/mol. The lowest BCUT2D eigenvalue weighted by atomic mass is 9.79. The van der Waals surface area contributed by atoms with Crippen LogP contribution in [-0.2, 0) is 10.8 Å². The second-order valence-electron chi connectivity index (χ2n) is 17.7. The first-order chi connectivity index (χ1) is 28.4. The molecule has 0 saturated carbocycles. The second-order valence-corrected chi connectivity index (χ2v) is 17.7. The minimum atomic E-state index is -0.295. The number of aromatic hydroxyl groups is 1. The number of phenols is 1. The highest BCUT2D eigenvalue weighted by Crippen LogP contribution is 2.45. The highest BCUT2D eigenvalue weighted by Gasteiger charge is 2.28. The van der Waals surface area contributed by atoms with Crippen LogP contribution in [0.4, 0.5) is 0 Å². The second kappa shape index (κ2) is 13.6. The Labute approximate surface area is 344 Å². The van der Waals surface area contributed by atoms with Crippen LogP contribution in [0.15, 0.2) is 162 Å². The number of pyridine rings is 1. The molecule has 0 atom stereocenters. The van der Waals surface area contributed by atoms with Crippen LogP contribution in [0, 0.1) is 0 Å². The molecule has 0 radical (unpaired) electrons. The van der Waals surface area contributed by atoms with Crippen molar-refractivity contribution in [2.24, 2.45) is 0 Å². The maximum Gasteiger partial charge on any atom is 0.149 e. The zero-order chi connectivity index (χ0) is 40.6. The van der Waals surface area contributed by atoms with Crippen LogP contribution in [0.5, 0.6) is 5.75 Å². The number of para-hydroxylation sites is 2. The van der Waals surface area contributed by atoms with Crippen LogP contribution >= 0.6 is 0 Å². The van der Waals surface area contributed by atoms with E-state index in [0.717, 1.165) is 88.7 Å². The third-order valence-electron chi connectivity index (χ3n) is 11.6. The Morgan fingerprint density at radius 3 is 2.03 bits per heavy atom. The zero-order valence-electron chi connectivity index (χ0n) is 34.2. The summed E-state index contributed by atoms with van der Waals surface area (Å²) in [6.07, 6.45) is 1.95. The molecule has 59 heavy (non-hydrogen) atoms. The van der Waals surface area contributed by atoms with E-state index in [9.17, 15) is 5.11 Å². The highest BCUT2D eigenvalue weighted by molar-refractivity contribution is 6.18. The fraction of sp³-hybridized carbons (Fsp3) is 0.148. The van der Waals surface area contributed by atoms with E-state index in [0.29, 0.717) is 11.4 Å². The molecule has 0 bridgehead atoms. The first kappa shape index (κ1) is 36.4. The monoisotopic (exact) mass is 767 g/mol. The summed E-state index contributed by atoms with van der Waals surface area (Å²) < 4.78 is 8.70. The molecule has 0 fully saturated rings. The van der Waals surface area contributed by atoms with Gasteiger partial charge < -0.3 is 9.52 Å². The molecule has 0 amide bonds. The normalized spacial score (nSPS) is 12.3. The fourth-order valence-electron chi connectivity index (χ4n) is 8.49. The summed E-state index contributed by atoms with van der Waals surface area (Å²) in [5.74, 6) is 0.949. The molecule has 10 rings (SSSR count). The summed E-state index contributed by atoms with van der Waals surface area (Å²) >= 11 is 0. The van der Waals surface area contributed by atoms with Gasteiger partial charge in [-0.25, -0.2) is 4.98 Å². The number of nitrogens with zero attached hydrogens (tertiary/aromatic N) is 3. The Morgan fingerprint density at radius 1 is 0.559 bits per heavy atom. The lowest BCUT2D eigenvalue weighted by Gasteiger charge is -2.27. The van der Waals surface area contributed by atoms with Crippen molar-refractivity contribution in [3.8, 4) is 56.3 Å². The van der Waals surface area contributed by atoms with Crippen molar-refractivity contribution < 1.29 is 9.52 Å². The van der Waals surface area contributed by atoms with Crippen LogP contribution in [0.1, 0.15) is 52.7 Å². The number of phenolic OH excluding ortho intramolecular Hbond substituents is 1. The van der Waals surface area contributed by atoms with Gasteiger partial charge in [-0.1, -0.05) is 139 Å². The lowest BCUT2D eigenvalue weighted by molar-refractivity contribution is 0.446. The number of aromatic nitrogens is 3. The van der Waals surface area contributed by atoms with Crippen LogP contribution in [0.3, 0.4) is 0 Å². The average Bonchev–Trinajstić information content (AvgIpc) is 3.82. The third kappa shape index (κ3) is 6.25. The smallest absolute Gasteiger partial charge is 0.149 e. The third-order valence-corrected chi connectivity index (χ3v) is 11.6. The van der Waals surface area contributed by atoms with Crippen molar-refractivity contribution in [3.05, 3.63) is 169 Å². The van der Waals surface area contributed by atoms with Gasteiger partial charge in [-0.15, -0.1) is 0 Å². The number of fused-ring (bicyclic) bond motifs is 6. The van der Waals surface area contributed by atoms with Crippen molar-refractivity contribution in [1.82, 2.24) is 14.5 Å². The van der Waals surface area contributed by atoms with E-state index in [2.05, 4.69) is 174 Å². The minimum Gasteiger partial charge on any atom is -0.507 e. The number of hydrogen-bond donors (Lipinski definition) is 1. The number of rotatable bonds is 5. The van der Waals surface area contributed by atoms with E-state index in [1.165, 1.54) is 5.39 Å². The van der Waals surface area contributed by atoms with Crippen molar-refractivity contribution in [1.29, 1.82) is 0 Å². The maximum absolute atomic E-state index is 12.2. The Kier molecular flexibility index (Phi) is 8.36. The van der Waals surface area contributed by atoms with Crippen molar-refractivity contribution in [2.45, 2.75) is 52.4 Å². The summed E-state index contributed by atoms with van der Waals surface area (Å²) in [4.78, 5) is 10.6. The van der Waals surface area contributed by atoms with Crippen LogP contribution in [-0.4, -0.2) is 19.6 Å². The molecule has 5 heteroatoms. The van der Waals surface area contributed by atoms with E-state index >= 15 is 0 Å². The van der Waals surface area contributed by atoms with Crippen molar-refractivity contribution >= 4 is 43.7 Å². The first-order valence-corrected chi connectivity index (χ1v) is 20.3. The summed E-state index contributed by atoms with van der Waals surface area (Å²) in [5.41, 5.74) is 12.7. The summed E-state index contributed by atoms with van der Waals surface area (Å²) in [5, 5.41) is 16.6. The lowest BCUT2D eigenvalue weighted by Crippen LogP contribution is -2.17. The molecule has 5 nitrogen and oxygen atoms in total. The van der Waals surface area contributed by atoms with Crippen LogP contribution < -0.4 is 0 Å². The zero-order valence-corrected chi connectivity index (χ0v) is 34.2. The van der Waals surface area contributed by atoms with Crippen LogP contribution in [0.25, 0.3) is 94.3 Å². The summed E-state index contributed by atoms with van der Waals surface area (Å²) in [7, 11) is 0. The van der Waals surface area contributed by atoms with Gasteiger partial charge in [0.15, 0.2) is 0 Å². The number of benzene rings is 7. The molecule has 0 unspecified atom stereocenters. The van der Waals surface area contributed by atoms with Gasteiger partial charge in [0.25, 0.3) is 0 Å². The Morgan fingerprint density at radius 2 is 1.27 bits per heavy atom. The summed E-state index contributed by atoms with van der Waals surface area (Å²) in [6, 6.07) is 52.8. The Hall–Kier alpha value is -6.98. The predicted molar refractivity (Wildman–Crippen MR) is 244 cm³/mol. The highest BCUT2D eigenvalue weighted by atomic mass is 16.3. The molecule has 0 saturated heterocycles. The maximum atomic E-state index is 12.2. The molecule has 3 heterocycles. The molecule has 10 aromatic rings. The summed E-state index contributed by atoms with van der Waals surface area (Å²) in [6.45, 7) is 13.1. The number of imidazole rings is 1. The van der Waals surface area contributed by atoms with E-state index in [-0.39, 0.29) is 16.6 Å². The Balaban J connectivity index is 1.22. The van der Waals surface area contributed by atoms with E-state index in [1.54, 1.807) is 0 Å². The predicted octanol–water partition coefficient (Wildman–Crippen LogP) is 14.4. The van der Waals surface area contributed by atoms with Gasteiger partial charge in [0.1, 0.15) is 22.7 Å². The van der Waals surface area contributed by atoms with Crippen LogP contribution in [0.2, 0.25) is 0 Å². The molecule has 1 N–H and O–H groups in total. The first-order valence-electron chi connectivity index (χ1n) is 20.3. The molecule has 0 aliphatic heterocycles. The molecular formula is C54H45N3O2. The van der Waals surface area contributed by atoms with Gasteiger partial charge in [-0.05, 0) is 92.4 Å². The van der Waals surface area contributed by atoms with Crippen molar-refractivity contribution in [3.63, 3.8) is 0 Å². The molecule has 0 aliphatic carbocycles. The molecule has 0 spiro atoms. The fourth-order valence-corrected chi connectivity index (χ4v) is 8.49. The SMILES string of the molecule is CC(C)(C)c1cc(-c2nc3c(-c4cc(-c5ccccc5)cc(-c5cc6oc7ccc8ccccc8c7c6cn5)c4)cccc3n2-c2ccccc2)c(O)c(C(C)(C)C)c1.